The van der Waals surface area contributed by atoms with Gasteiger partial charge in [0.2, 0.25) is 5.91 Å². The summed E-state index contributed by atoms with van der Waals surface area (Å²) in [5, 5.41) is 5.84. The van der Waals surface area contributed by atoms with Gasteiger partial charge in [-0.1, -0.05) is 12.1 Å². The molecule has 0 aromatic heterocycles. The maximum absolute atomic E-state index is 13.3. The highest BCUT2D eigenvalue weighted by Crippen LogP contribution is 2.14. The van der Waals surface area contributed by atoms with Crippen LogP contribution in [0.4, 0.5) is 4.39 Å². The molecule has 1 aliphatic heterocycles. The van der Waals surface area contributed by atoms with E-state index in [4.69, 9.17) is 9.47 Å². The van der Waals surface area contributed by atoms with E-state index >= 15 is 0 Å². The topological polar surface area (TPSA) is 59.6 Å². The lowest BCUT2D eigenvalue weighted by Crippen LogP contribution is -2.55. The van der Waals surface area contributed by atoms with E-state index in [1.54, 1.807) is 18.2 Å². The van der Waals surface area contributed by atoms with E-state index in [0.29, 0.717) is 19.7 Å². The molecule has 0 aliphatic carbocycles. The summed E-state index contributed by atoms with van der Waals surface area (Å²) in [4.78, 5) is 11.9. The van der Waals surface area contributed by atoms with Crippen LogP contribution in [-0.4, -0.2) is 44.4 Å². The monoisotopic (exact) mass is 282 g/mol. The van der Waals surface area contributed by atoms with Crippen molar-refractivity contribution in [3.05, 3.63) is 30.1 Å². The van der Waals surface area contributed by atoms with Crippen LogP contribution < -0.4 is 15.4 Å². The van der Waals surface area contributed by atoms with Crippen LogP contribution in [0.3, 0.4) is 0 Å². The molecule has 0 spiro atoms. The minimum Gasteiger partial charge on any atom is -0.489 e. The molecular weight excluding hydrogens is 263 g/mol. The number of amides is 1. The number of rotatable bonds is 5. The van der Waals surface area contributed by atoms with E-state index < -0.39 is 5.82 Å². The molecule has 0 unspecified atom stereocenters. The third-order valence-corrected chi connectivity index (χ3v) is 3.09. The maximum Gasteiger partial charge on any atom is 0.239 e. The van der Waals surface area contributed by atoms with Gasteiger partial charge in [0.1, 0.15) is 12.6 Å². The van der Waals surface area contributed by atoms with Gasteiger partial charge in [-0.25, -0.2) is 4.39 Å². The average molecular weight is 282 g/mol. The van der Waals surface area contributed by atoms with Crippen LogP contribution in [0, 0.1) is 5.82 Å². The standard InChI is InChI=1S/C14H19FN2O3/c1-10-13(16-6-8-19-10)14(18)17-7-9-20-12-5-3-2-4-11(12)15/h2-5,10,13,16H,6-9H2,1H3,(H,17,18)/t10-,13+/m1/s1. The number of carbonyl (C=O) groups excluding carboxylic acids is 1. The lowest BCUT2D eigenvalue weighted by Gasteiger charge is -2.29. The van der Waals surface area contributed by atoms with Crippen molar-refractivity contribution in [3.8, 4) is 5.75 Å². The highest BCUT2D eigenvalue weighted by molar-refractivity contribution is 5.82. The third-order valence-electron chi connectivity index (χ3n) is 3.09. The zero-order chi connectivity index (χ0) is 14.4. The first-order valence-corrected chi connectivity index (χ1v) is 6.68. The zero-order valence-electron chi connectivity index (χ0n) is 11.4. The maximum atomic E-state index is 13.3. The van der Waals surface area contributed by atoms with Gasteiger partial charge in [-0.05, 0) is 19.1 Å². The molecule has 1 aliphatic rings. The molecule has 1 amide bonds. The molecule has 1 aromatic rings. The van der Waals surface area contributed by atoms with Crippen molar-refractivity contribution >= 4 is 5.91 Å². The fraction of sp³-hybridized carbons (Fsp3) is 0.500. The summed E-state index contributed by atoms with van der Waals surface area (Å²) in [6, 6.07) is 5.83. The molecule has 2 rings (SSSR count). The molecule has 1 heterocycles. The fourth-order valence-electron chi connectivity index (χ4n) is 2.03. The SMILES string of the molecule is C[C@H]1OCCN[C@@H]1C(=O)NCCOc1ccccc1F. The molecule has 1 saturated heterocycles. The van der Waals surface area contributed by atoms with E-state index in [-0.39, 0.29) is 30.4 Å². The zero-order valence-corrected chi connectivity index (χ0v) is 11.4. The molecule has 0 bridgehead atoms. The number of hydrogen-bond acceptors (Lipinski definition) is 4. The van der Waals surface area contributed by atoms with E-state index in [1.807, 2.05) is 6.92 Å². The van der Waals surface area contributed by atoms with Gasteiger partial charge in [0.05, 0.1) is 19.3 Å². The Balaban J connectivity index is 1.70. The molecule has 0 saturated carbocycles. The van der Waals surface area contributed by atoms with Crippen LogP contribution in [0.2, 0.25) is 0 Å². The Labute approximate surface area is 117 Å². The van der Waals surface area contributed by atoms with Crippen molar-refractivity contribution < 1.29 is 18.7 Å². The minimum atomic E-state index is -0.408. The van der Waals surface area contributed by atoms with Crippen LogP contribution in [0.5, 0.6) is 5.75 Å². The summed E-state index contributed by atoms with van der Waals surface area (Å²) in [5.74, 6) is -0.349. The minimum absolute atomic E-state index is 0.130. The molecular formula is C14H19FN2O3. The molecule has 20 heavy (non-hydrogen) atoms. The summed E-state index contributed by atoms with van der Waals surface area (Å²) in [7, 11) is 0. The van der Waals surface area contributed by atoms with Gasteiger partial charge < -0.3 is 20.1 Å². The number of ether oxygens (including phenoxy) is 2. The number of morpholine rings is 1. The summed E-state index contributed by atoms with van der Waals surface area (Å²) in [6.07, 6.45) is -0.156. The second-order valence-corrected chi connectivity index (χ2v) is 4.58. The van der Waals surface area contributed by atoms with Crippen LogP contribution >= 0.6 is 0 Å². The second kappa shape index (κ2) is 7.21. The van der Waals surface area contributed by atoms with E-state index in [0.717, 1.165) is 0 Å². The van der Waals surface area contributed by atoms with Gasteiger partial charge in [0.25, 0.3) is 0 Å². The molecule has 6 heteroatoms. The highest BCUT2D eigenvalue weighted by Gasteiger charge is 2.27. The quantitative estimate of drug-likeness (QED) is 0.781. The van der Waals surface area contributed by atoms with Crippen LogP contribution in [0.1, 0.15) is 6.92 Å². The molecule has 110 valence electrons. The first-order chi connectivity index (χ1) is 9.68. The van der Waals surface area contributed by atoms with Crippen molar-refractivity contribution in [2.24, 2.45) is 0 Å². The van der Waals surface area contributed by atoms with Crippen molar-refractivity contribution in [3.63, 3.8) is 0 Å². The van der Waals surface area contributed by atoms with Crippen molar-refractivity contribution in [2.75, 3.05) is 26.3 Å². The van der Waals surface area contributed by atoms with Crippen molar-refractivity contribution in [1.82, 2.24) is 10.6 Å². The average Bonchev–Trinajstić information content (AvgIpc) is 2.45. The Morgan fingerprint density at radius 3 is 3.10 bits per heavy atom. The smallest absolute Gasteiger partial charge is 0.239 e. The van der Waals surface area contributed by atoms with E-state index in [1.165, 1.54) is 6.07 Å². The molecule has 0 radical (unpaired) electrons. The normalized spacial score (nSPS) is 22.3. The molecule has 2 N–H and O–H groups in total. The number of benzene rings is 1. The van der Waals surface area contributed by atoms with Crippen molar-refractivity contribution in [2.45, 2.75) is 19.1 Å². The first kappa shape index (κ1) is 14.7. The Morgan fingerprint density at radius 2 is 2.35 bits per heavy atom. The van der Waals surface area contributed by atoms with Gasteiger partial charge >= 0.3 is 0 Å². The van der Waals surface area contributed by atoms with Gasteiger partial charge in [-0.3, -0.25) is 4.79 Å². The lowest BCUT2D eigenvalue weighted by atomic mass is 10.1. The number of halogens is 1. The number of carbonyl (C=O) groups is 1. The summed E-state index contributed by atoms with van der Waals surface area (Å²) >= 11 is 0. The van der Waals surface area contributed by atoms with Crippen LogP contribution in [0.25, 0.3) is 0 Å². The van der Waals surface area contributed by atoms with Crippen LogP contribution in [0.15, 0.2) is 24.3 Å². The lowest BCUT2D eigenvalue weighted by molar-refractivity contribution is -0.129. The van der Waals surface area contributed by atoms with Gasteiger partial charge in [-0.2, -0.15) is 0 Å². The van der Waals surface area contributed by atoms with E-state index in [9.17, 15) is 9.18 Å². The number of para-hydroxylation sites is 1. The highest BCUT2D eigenvalue weighted by atomic mass is 19.1. The summed E-state index contributed by atoms with van der Waals surface area (Å²) < 4.78 is 23.9. The molecule has 1 fully saturated rings. The van der Waals surface area contributed by atoms with Gasteiger partial charge in [0, 0.05) is 6.54 Å². The first-order valence-electron chi connectivity index (χ1n) is 6.68. The predicted octanol–water partition coefficient (Wildman–Crippen LogP) is 0.698. The molecule has 5 nitrogen and oxygen atoms in total. The number of hydrogen-bond donors (Lipinski definition) is 2. The Kier molecular flexibility index (Phi) is 5.31. The predicted molar refractivity (Wildman–Crippen MR) is 72.1 cm³/mol. The number of nitrogens with one attached hydrogen (secondary N) is 2. The van der Waals surface area contributed by atoms with Crippen molar-refractivity contribution in [1.29, 1.82) is 0 Å². The van der Waals surface area contributed by atoms with Crippen LogP contribution in [-0.2, 0) is 9.53 Å². The molecule has 2 atom stereocenters. The van der Waals surface area contributed by atoms with Gasteiger partial charge in [-0.15, -0.1) is 0 Å². The Morgan fingerprint density at radius 1 is 1.55 bits per heavy atom. The van der Waals surface area contributed by atoms with E-state index in [2.05, 4.69) is 10.6 Å². The molecule has 1 aromatic carbocycles. The second-order valence-electron chi connectivity index (χ2n) is 4.58. The third kappa shape index (κ3) is 3.91. The summed E-state index contributed by atoms with van der Waals surface area (Å²) in [5.41, 5.74) is 0. The largest absolute Gasteiger partial charge is 0.489 e. The summed E-state index contributed by atoms with van der Waals surface area (Å²) in [6.45, 7) is 3.66. The Bertz CT molecular complexity index is 456. The Hall–Kier alpha value is -1.66. The fourth-order valence-corrected chi connectivity index (χ4v) is 2.03. The van der Waals surface area contributed by atoms with Gasteiger partial charge in [0.15, 0.2) is 11.6 Å².